The molecule has 0 spiro atoms. The fraction of sp³-hybridized carbons (Fsp3) is 0.312. The van der Waals surface area contributed by atoms with Crippen molar-refractivity contribution in [2.75, 3.05) is 13.6 Å². The number of carbonyl (C=O) groups is 4. The second kappa shape index (κ2) is 14.3. The molecule has 3 atom stereocenters. The van der Waals surface area contributed by atoms with E-state index in [4.69, 9.17) is 9.47 Å². The first kappa shape index (κ1) is 31.0. The number of ether oxygens (including phenoxy) is 2. The van der Waals surface area contributed by atoms with Crippen LogP contribution in [0.3, 0.4) is 0 Å². The van der Waals surface area contributed by atoms with E-state index in [-0.39, 0.29) is 31.9 Å². The summed E-state index contributed by atoms with van der Waals surface area (Å²) < 4.78 is 10.5. The van der Waals surface area contributed by atoms with Gasteiger partial charge in [0.2, 0.25) is 11.8 Å². The van der Waals surface area contributed by atoms with E-state index in [9.17, 15) is 29.4 Å². The van der Waals surface area contributed by atoms with Crippen molar-refractivity contribution in [2.24, 2.45) is 0 Å². The highest BCUT2D eigenvalue weighted by atomic mass is 16.7. The quantitative estimate of drug-likeness (QED) is 0.317. The van der Waals surface area contributed by atoms with Gasteiger partial charge < -0.3 is 35.2 Å². The van der Waals surface area contributed by atoms with Crippen molar-refractivity contribution < 1.29 is 38.9 Å². The molecular formula is C32H35N3O8. The highest BCUT2D eigenvalue weighted by Crippen LogP contribution is 2.33. The number of rotatable bonds is 6. The van der Waals surface area contributed by atoms with Gasteiger partial charge in [0.1, 0.15) is 6.61 Å². The van der Waals surface area contributed by atoms with Crippen molar-refractivity contribution >= 4 is 24.1 Å². The fourth-order valence-corrected chi connectivity index (χ4v) is 4.88. The van der Waals surface area contributed by atoms with Crippen LogP contribution >= 0.6 is 0 Å². The molecule has 4 N–H and O–H groups in total. The minimum atomic E-state index is -1.55. The topological polar surface area (TPSA) is 154 Å². The Kier molecular flexibility index (Phi) is 10.3. The Morgan fingerprint density at radius 1 is 1.02 bits per heavy atom. The van der Waals surface area contributed by atoms with E-state index in [0.717, 1.165) is 21.6 Å². The number of hydrogen-bond acceptors (Lipinski definition) is 7. The standard InChI is InChI=1S/C32H35N3O8/c1-20(36)30(34-31(39)42-19-22-7-4-3-5-8-22)25-13-11-23-16-26(25)24-10-6-9-21(15-24)12-14-27(37)33-18-28(38)35(2)29(17-23)43-32(40)41/h3-11,13,15-16,20,29-30,36H,12,14,17-19H2,1-2H3,(H,33,37)(H,34,39)(H,40,41). The number of nitrogens with zero attached hydrogens (tertiary/aromatic N) is 1. The van der Waals surface area contributed by atoms with Gasteiger partial charge in [0.15, 0.2) is 6.23 Å². The fourth-order valence-electron chi connectivity index (χ4n) is 4.88. The maximum Gasteiger partial charge on any atom is 0.507 e. The number of likely N-dealkylation sites (N-methyl/N-ethyl adjacent to an activating group) is 1. The molecule has 1 aliphatic rings. The average Bonchev–Trinajstić information content (AvgIpc) is 2.99. The lowest BCUT2D eigenvalue weighted by Gasteiger charge is -2.28. The molecule has 43 heavy (non-hydrogen) atoms. The first-order chi connectivity index (χ1) is 20.6. The van der Waals surface area contributed by atoms with Gasteiger partial charge in [0, 0.05) is 19.9 Å². The third kappa shape index (κ3) is 8.55. The van der Waals surface area contributed by atoms with Gasteiger partial charge in [-0.1, -0.05) is 72.8 Å². The van der Waals surface area contributed by atoms with Crippen molar-refractivity contribution in [2.45, 2.75) is 51.2 Å². The molecule has 4 bridgehead atoms. The van der Waals surface area contributed by atoms with Crippen LogP contribution in [-0.2, 0) is 38.5 Å². The van der Waals surface area contributed by atoms with Crippen molar-refractivity contribution in [3.05, 3.63) is 95.1 Å². The minimum absolute atomic E-state index is 0.0152. The number of nitrogens with one attached hydrogen (secondary N) is 2. The Labute approximate surface area is 249 Å². The summed E-state index contributed by atoms with van der Waals surface area (Å²) in [6.07, 6.45) is -3.89. The van der Waals surface area contributed by atoms with Crippen LogP contribution in [-0.4, -0.2) is 65.1 Å². The highest BCUT2D eigenvalue weighted by Gasteiger charge is 2.27. The van der Waals surface area contributed by atoms with Crippen LogP contribution in [0, 0.1) is 0 Å². The van der Waals surface area contributed by atoms with Crippen molar-refractivity contribution in [1.82, 2.24) is 15.5 Å². The number of fused-ring (bicyclic) bond motifs is 5. The predicted octanol–water partition coefficient (Wildman–Crippen LogP) is 3.79. The Hall–Kier alpha value is -4.90. The van der Waals surface area contributed by atoms with Gasteiger partial charge in [-0.25, -0.2) is 9.59 Å². The molecule has 1 aliphatic heterocycles. The lowest BCUT2D eigenvalue weighted by atomic mass is 9.89. The average molecular weight is 590 g/mol. The van der Waals surface area contributed by atoms with Crippen molar-refractivity contribution in [3.63, 3.8) is 0 Å². The smallest absolute Gasteiger partial charge is 0.450 e. The number of alkyl carbamates (subject to hydrolysis) is 1. The van der Waals surface area contributed by atoms with Gasteiger partial charge in [-0.2, -0.15) is 0 Å². The molecule has 4 rings (SSSR count). The monoisotopic (exact) mass is 589 g/mol. The molecule has 3 unspecified atom stereocenters. The van der Waals surface area contributed by atoms with Crippen LogP contribution in [0.4, 0.5) is 9.59 Å². The highest BCUT2D eigenvalue weighted by molar-refractivity contribution is 5.85. The summed E-state index contributed by atoms with van der Waals surface area (Å²) in [4.78, 5) is 50.7. The summed E-state index contributed by atoms with van der Waals surface area (Å²) in [5.74, 6) is -0.842. The van der Waals surface area contributed by atoms with Crippen LogP contribution < -0.4 is 10.6 Å². The van der Waals surface area contributed by atoms with Gasteiger partial charge in [-0.15, -0.1) is 0 Å². The Balaban J connectivity index is 1.73. The summed E-state index contributed by atoms with van der Waals surface area (Å²) in [5.41, 5.74) is 4.34. The molecule has 3 aromatic carbocycles. The van der Waals surface area contributed by atoms with E-state index in [1.165, 1.54) is 7.05 Å². The van der Waals surface area contributed by atoms with Gasteiger partial charge in [-0.05, 0) is 46.7 Å². The molecule has 11 heteroatoms. The van der Waals surface area contributed by atoms with Crippen LogP contribution in [0.25, 0.3) is 11.1 Å². The summed E-state index contributed by atoms with van der Waals surface area (Å²) in [6.45, 7) is 1.31. The van der Waals surface area contributed by atoms with Crippen molar-refractivity contribution in [3.8, 4) is 11.1 Å². The molecule has 3 amide bonds. The van der Waals surface area contributed by atoms with E-state index in [1.807, 2.05) is 60.7 Å². The summed E-state index contributed by atoms with van der Waals surface area (Å²) in [6, 6.07) is 21.2. The number of carboxylic acid groups (broad SMARTS) is 1. The van der Waals surface area contributed by atoms with Gasteiger partial charge in [-0.3, -0.25) is 9.59 Å². The summed E-state index contributed by atoms with van der Waals surface area (Å²) in [5, 5.41) is 25.5. The summed E-state index contributed by atoms with van der Waals surface area (Å²) >= 11 is 0. The van der Waals surface area contributed by atoms with Crippen LogP contribution in [0.2, 0.25) is 0 Å². The van der Waals surface area contributed by atoms with Crippen LogP contribution in [0.1, 0.15) is 41.6 Å². The molecule has 0 saturated heterocycles. The Bertz CT molecular complexity index is 1460. The largest absolute Gasteiger partial charge is 0.507 e. The second-order valence-corrected chi connectivity index (χ2v) is 10.4. The van der Waals surface area contributed by atoms with Gasteiger partial charge >= 0.3 is 12.2 Å². The second-order valence-electron chi connectivity index (χ2n) is 10.4. The third-order valence-corrected chi connectivity index (χ3v) is 7.21. The zero-order chi connectivity index (χ0) is 30.9. The van der Waals surface area contributed by atoms with Crippen LogP contribution in [0.5, 0.6) is 0 Å². The Morgan fingerprint density at radius 2 is 1.79 bits per heavy atom. The minimum Gasteiger partial charge on any atom is -0.450 e. The van der Waals surface area contributed by atoms with Gasteiger partial charge in [0.05, 0.1) is 18.7 Å². The number of hydrogen-bond donors (Lipinski definition) is 4. The van der Waals surface area contributed by atoms with Gasteiger partial charge in [0.25, 0.3) is 0 Å². The molecule has 0 aromatic heterocycles. The Morgan fingerprint density at radius 3 is 2.51 bits per heavy atom. The molecular weight excluding hydrogens is 554 g/mol. The zero-order valence-electron chi connectivity index (χ0n) is 24.0. The number of aliphatic hydroxyl groups excluding tert-OH is 1. The first-order valence-corrected chi connectivity index (χ1v) is 13.9. The normalized spacial score (nSPS) is 17.0. The molecule has 0 radical (unpaired) electrons. The van der Waals surface area contributed by atoms with E-state index >= 15 is 0 Å². The molecule has 226 valence electrons. The van der Waals surface area contributed by atoms with Crippen molar-refractivity contribution in [1.29, 1.82) is 0 Å². The third-order valence-electron chi connectivity index (χ3n) is 7.21. The number of amides is 3. The summed E-state index contributed by atoms with van der Waals surface area (Å²) in [7, 11) is 1.41. The number of carbonyl (C=O) groups excluding carboxylic acids is 3. The van der Waals surface area contributed by atoms with E-state index in [0.29, 0.717) is 23.1 Å². The lowest BCUT2D eigenvalue weighted by Crippen LogP contribution is -2.46. The number of aliphatic hydroxyl groups is 1. The molecule has 1 heterocycles. The maximum absolute atomic E-state index is 12.8. The van der Waals surface area contributed by atoms with E-state index < -0.39 is 36.5 Å². The molecule has 0 aliphatic carbocycles. The number of aryl methyl sites for hydroxylation is 1. The number of benzene rings is 3. The molecule has 3 aromatic rings. The predicted molar refractivity (Wildman–Crippen MR) is 157 cm³/mol. The lowest BCUT2D eigenvalue weighted by molar-refractivity contribution is -0.140. The maximum atomic E-state index is 12.8. The van der Waals surface area contributed by atoms with E-state index in [2.05, 4.69) is 10.6 Å². The molecule has 0 fully saturated rings. The first-order valence-electron chi connectivity index (χ1n) is 13.9. The van der Waals surface area contributed by atoms with E-state index in [1.54, 1.807) is 19.1 Å². The van der Waals surface area contributed by atoms with Crippen LogP contribution in [0.15, 0.2) is 72.8 Å². The molecule has 11 nitrogen and oxygen atoms in total. The zero-order valence-corrected chi connectivity index (χ0v) is 24.0. The molecule has 0 saturated carbocycles. The SMILES string of the molecule is CC(O)C(NC(=O)OCc1ccccc1)c1ccc2cc1-c1cccc(c1)CCC(=O)NCC(=O)N(C)C(OC(=O)O)C2.